The summed E-state index contributed by atoms with van der Waals surface area (Å²) in [7, 11) is -2.04. The van der Waals surface area contributed by atoms with Gasteiger partial charge in [0, 0.05) is 30.6 Å². The highest BCUT2D eigenvalue weighted by atomic mass is 32.2. The minimum atomic E-state index is -3.61. The molecule has 1 aliphatic heterocycles. The van der Waals surface area contributed by atoms with Crippen LogP contribution in [-0.4, -0.2) is 39.1 Å². The van der Waals surface area contributed by atoms with E-state index in [9.17, 15) is 18.0 Å². The molecule has 2 aromatic rings. The number of sulfone groups is 1. The van der Waals surface area contributed by atoms with Gasteiger partial charge >= 0.3 is 0 Å². The average molecular weight is 457 g/mol. The Kier molecular flexibility index (Phi) is 6.24. The summed E-state index contributed by atoms with van der Waals surface area (Å²) >= 11 is 0. The first-order valence-corrected chi connectivity index (χ1v) is 12.5. The summed E-state index contributed by atoms with van der Waals surface area (Å²) in [5.41, 5.74) is 2.55. The van der Waals surface area contributed by atoms with Gasteiger partial charge in [-0.15, -0.1) is 0 Å². The van der Waals surface area contributed by atoms with Crippen molar-refractivity contribution >= 4 is 27.3 Å². The SMILES string of the molecule is COc1cccc(CNC(=O)CCS(=O)(=O)c2ccc3c(c2)C[C@@H](C)N3C(=O)C2CC2)c1. The molecule has 2 aromatic carbocycles. The fourth-order valence-electron chi connectivity index (χ4n) is 4.08. The van der Waals surface area contributed by atoms with E-state index in [2.05, 4.69) is 5.32 Å². The van der Waals surface area contributed by atoms with Crippen molar-refractivity contribution in [1.82, 2.24) is 5.32 Å². The van der Waals surface area contributed by atoms with E-state index in [1.165, 1.54) is 0 Å². The van der Waals surface area contributed by atoms with Crippen LogP contribution in [0.25, 0.3) is 0 Å². The molecule has 1 heterocycles. The van der Waals surface area contributed by atoms with Crippen molar-refractivity contribution in [1.29, 1.82) is 0 Å². The number of rotatable bonds is 8. The van der Waals surface area contributed by atoms with Crippen LogP contribution in [0, 0.1) is 5.92 Å². The van der Waals surface area contributed by atoms with Crippen LogP contribution in [0.5, 0.6) is 5.75 Å². The monoisotopic (exact) mass is 456 g/mol. The Bertz CT molecular complexity index is 1140. The lowest BCUT2D eigenvalue weighted by Gasteiger charge is -2.22. The number of carbonyl (C=O) groups excluding carboxylic acids is 2. The highest BCUT2D eigenvalue weighted by molar-refractivity contribution is 7.91. The number of benzene rings is 2. The standard InChI is InChI=1S/C24H28N2O5S/c1-16-12-19-14-21(8-9-22(19)26(16)24(28)18-6-7-18)32(29,30)11-10-23(27)25-15-17-4-3-5-20(13-17)31-2/h3-5,8-9,13-14,16,18H,6-7,10-12,15H2,1-2H3,(H,25,27)/t16-/m1/s1. The maximum atomic E-state index is 12.8. The zero-order valence-electron chi connectivity index (χ0n) is 18.3. The van der Waals surface area contributed by atoms with Gasteiger partial charge in [0.25, 0.3) is 0 Å². The van der Waals surface area contributed by atoms with E-state index in [0.717, 1.165) is 29.7 Å². The molecule has 1 fully saturated rings. The maximum absolute atomic E-state index is 12.8. The molecule has 0 radical (unpaired) electrons. The molecule has 1 N–H and O–H groups in total. The van der Waals surface area contributed by atoms with Crippen LogP contribution in [0.3, 0.4) is 0 Å². The van der Waals surface area contributed by atoms with Gasteiger partial charge in [-0.25, -0.2) is 8.42 Å². The van der Waals surface area contributed by atoms with Crippen molar-refractivity contribution in [2.24, 2.45) is 5.92 Å². The van der Waals surface area contributed by atoms with Crippen molar-refractivity contribution in [2.75, 3.05) is 17.8 Å². The third kappa shape index (κ3) is 4.80. The lowest BCUT2D eigenvalue weighted by molar-refractivity contribution is -0.121. The van der Waals surface area contributed by atoms with Crippen molar-refractivity contribution in [3.8, 4) is 5.75 Å². The molecule has 0 unspecified atom stereocenters. The predicted molar refractivity (Wildman–Crippen MR) is 121 cm³/mol. The van der Waals surface area contributed by atoms with Crippen LogP contribution in [0.15, 0.2) is 47.4 Å². The number of ether oxygens (including phenoxy) is 1. The van der Waals surface area contributed by atoms with Gasteiger partial charge in [0.05, 0.1) is 17.8 Å². The van der Waals surface area contributed by atoms with Gasteiger partial charge in [-0.05, 0) is 67.6 Å². The topological polar surface area (TPSA) is 92.8 Å². The maximum Gasteiger partial charge on any atom is 0.230 e. The summed E-state index contributed by atoms with van der Waals surface area (Å²) in [6.07, 6.45) is 2.39. The Hall–Kier alpha value is -2.87. The second kappa shape index (κ2) is 8.94. The third-order valence-electron chi connectivity index (χ3n) is 6.01. The van der Waals surface area contributed by atoms with Crippen LogP contribution >= 0.6 is 0 Å². The third-order valence-corrected chi connectivity index (χ3v) is 7.73. The normalized spacial score (nSPS) is 17.7. The minimum Gasteiger partial charge on any atom is -0.497 e. The predicted octanol–water partition coefficient (Wildman–Crippen LogP) is 2.86. The van der Waals surface area contributed by atoms with Gasteiger partial charge in [-0.2, -0.15) is 0 Å². The fraction of sp³-hybridized carbons (Fsp3) is 0.417. The first kappa shape index (κ1) is 22.3. The van der Waals surface area contributed by atoms with Crippen LogP contribution in [0.4, 0.5) is 5.69 Å². The number of anilines is 1. The van der Waals surface area contributed by atoms with Crippen molar-refractivity contribution in [3.63, 3.8) is 0 Å². The molecule has 1 aliphatic carbocycles. The molecule has 0 spiro atoms. The molecule has 2 amide bonds. The van der Waals surface area contributed by atoms with Crippen LogP contribution in [0.1, 0.15) is 37.3 Å². The van der Waals surface area contributed by atoms with Gasteiger partial charge < -0.3 is 15.0 Å². The van der Waals surface area contributed by atoms with Gasteiger partial charge in [-0.1, -0.05) is 12.1 Å². The number of amides is 2. The molecule has 4 rings (SSSR count). The fourth-order valence-corrected chi connectivity index (χ4v) is 5.37. The van der Waals surface area contributed by atoms with E-state index in [1.807, 2.05) is 36.1 Å². The second-order valence-corrected chi connectivity index (χ2v) is 10.6. The number of nitrogens with one attached hydrogen (secondary N) is 1. The Morgan fingerprint density at radius 1 is 1.16 bits per heavy atom. The first-order chi connectivity index (χ1) is 15.3. The van der Waals surface area contributed by atoms with Crippen molar-refractivity contribution < 1.29 is 22.7 Å². The van der Waals surface area contributed by atoms with E-state index >= 15 is 0 Å². The van der Waals surface area contributed by atoms with Crippen molar-refractivity contribution in [2.45, 2.75) is 50.1 Å². The van der Waals surface area contributed by atoms with Gasteiger partial charge in [0.15, 0.2) is 9.84 Å². The Morgan fingerprint density at radius 2 is 1.94 bits per heavy atom. The molecule has 2 aliphatic rings. The average Bonchev–Trinajstić information content (AvgIpc) is 3.58. The van der Waals surface area contributed by atoms with Gasteiger partial charge in [0.2, 0.25) is 11.8 Å². The first-order valence-electron chi connectivity index (χ1n) is 10.9. The molecule has 8 heteroatoms. The number of carbonyl (C=O) groups is 2. The minimum absolute atomic E-state index is 0.0263. The van der Waals surface area contributed by atoms with Crippen LogP contribution in [0.2, 0.25) is 0 Å². The van der Waals surface area contributed by atoms with Crippen LogP contribution in [-0.2, 0) is 32.4 Å². The lowest BCUT2D eigenvalue weighted by atomic mass is 10.1. The Labute approximate surface area is 188 Å². The number of methoxy groups -OCH3 is 1. The smallest absolute Gasteiger partial charge is 0.230 e. The Morgan fingerprint density at radius 3 is 2.66 bits per heavy atom. The zero-order valence-corrected chi connectivity index (χ0v) is 19.2. The molecule has 0 aromatic heterocycles. The van der Waals surface area contributed by atoms with E-state index in [4.69, 9.17) is 4.74 Å². The summed E-state index contributed by atoms with van der Waals surface area (Å²) in [6, 6.07) is 12.3. The summed E-state index contributed by atoms with van der Waals surface area (Å²) < 4.78 is 30.8. The molecule has 1 saturated carbocycles. The summed E-state index contributed by atoms with van der Waals surface area (Å²) in [5.74, 6) is 0.354. The molecule has 1 atom stereocenters. The van der Waals surface area contributed by atoms with Crippen molar-refractivity contribution in [3.05, 3.63) is 53.6 Å². The van der Waals surface area contributed by atoms with E-state index in [1.54, 1.807) is 25.3 Å². The quantitative estimate of drug-likeness (QED) is 0.659. The number of hydrogen-bond acceptors (Lipinski definition) is 5. The van der Waals surface area contributed by atoms with E-state index in [-0.39, 0.29) is 40.8 Å². The molecule has 0 saturated heterocycles. The molecular weight excluding hydrogens is 428 g/mol. The van der Waals surface area contributed by atoms with Gasteiger partial charge in [-0.3, -0.25) is 9.59 Å². The zero-order chi connectivity index (χ0) is 22.9. The molecular formula is C24H28N2O5S. The number of nitrogens with zero attached hydrogens (tertiary/aromatic N) is 1. The van der Waals surface area contributed by atoms with E-state index in [0.29, 0.717) is 18.7 Å². The molecule has 170 valence electrons. The second-order valence-electron chi connectivity index (χ2n) is 8.52. The largest absolute Gasteiger partial charge is 0.497 e. The molecule has 32 heavy (non-hydrogen) atoms. The van der Waals surface area contributed by atoms with E-state index < -0.39 is 9.84 Å². The highest BCUT2D eigenvalue weighted by Crippen LogP contribution is 2.39. The Balaban J connectivity index is 1.37. The van der Waals surface area contributed by atoms with Gasteiger partial charge in [0.1, 0.15) is 5.75 Å². The molecule has 7 nitrogen and oxygen atoms in total. The number of fused-ring (bicyclic) bond motifs is 1. The number of hydrogen-bond donors (Lipinski definition) is 1. The summed E-state index contributed by atoms with van der Waals surface area (Å²) in [6.45, 7) is 2.29. The lowest BCUT2D eigenvalue weighted by Crippen LogP contribution is -2.36. The summed E-state index contributed by atoms with van der Waals surface area (Å²) in [4.78, 5) is 26.8. The van der Waals surface area contributed by atoms with Crippen LogP contribution < -0.4 is 15.0 Å². The molecule has 0 bridgehead atoms. The highest BCUT2D eigenvalue weighted by Gasteiger charge is 2.39. The summed E-state index contributed by atoms with van der Waals surface area (Å²) in [5, 5.41) is 2.75.